The number of hydrogen-bond donors (Lipinski definition) is 1. The highest BCUT2D eigenvalue weighted by Crippen LogP contribution is 2.28. The maximum Gasteiger partial charge on any atom is 0.216 e. The van der Waals surface area contributed by atoms with Crippen LogP contribution < -0.4 is 10.5 Å². The van der Waals surface area contributed by atoms with Crippen LogP contribution in [0.25, 0.3) is 0 Å². The fourth-order valence-electron chi connectivity index (χ4n) is 1.63. The molecule has 0 bridgehead atoms. The van der Waals surface area contributed by atoms with Gasteiger partial charge in [0.15, 0.2) is 0 Å². The van der Waals surface area contributed by atoms with E-state index in [1.165, 1.54) is 0 Å². The van der Waals surface area contributed by atoms with E-state index in [1.54, 1.807) is 0 Å². The van der Waals surface area contributed by atoms with E-state index in [4.69, 9.17) is 15.2 Å². The van der Waals surface area contributed by atoms with Crippen LogP contribution in [-0.4, -0.2) is 24.8 Å². The van der Waals surface area contributed by atoms with E-state index in [0.29, 0.717) is 18.2 Å². The maximum atomic E-state index is 5.77. The summed E-state index contributed by atoms with van der Waals surface area (Å²) in [6.45, 7) is 8.16. The number of nitrogens with zero attached hydrogens (tertiary/aromatic N) is 1. The minimum atomic E-state index is 0.142. The van der Waals surface area contributed by atoms with E-state index >= 15 is 0 Å². The van der Waals surface area contributed by atoms with Gasteiger partial charge >= 0.3 is 0 Å². The molecule has 0 saturated carbocycles. The van der Waals surface area contributed by atoms with Crippen molar-refractivity contribution in [3.05, 3.63) is 17.3 Å². The van der Waals surface area contributed by atoms with Gasteiger partial charge in [-0.15, -0.1) is 0 Å². The van der Waals surface area contributed by atoms with Gasteiger partial charge in [-0.1, -0.05) is 6.92 Å². The van der Waals surface area contributed by atoms with Crippen LogP contribution in [0, 0.1) is 19.3 Å². The zero-order chi connectivity index (χ0) is 11.8. The molecule has 0 aromatic carbocycles. The fourth-order valence-corrected chi connectivity index (χ4v) is 1.63. The molecule has 0 radical (unpaired) electrons. The van der Waals surface area contributed by atoms with Gasteiger partial charge in [-0.05, 0) is 19.9 Å². The van der Waals surface area contributed by atoms with Crippen LogP contribution in [0.5, 0.6) is 5.88 Å². The Labute approximate surface area is 95.8 Å². The van der Waals surface area contributed by atoms with Gasteiger partial charge in [0.25, 0.3) is 0 Å². The van der Waals surface area contributed by atoms with Crippen LogP contribution in [-0.2, 0) is 4.74 Å². The van der Waals surface area contributed by atoms with Gasteiger partial charge in [-0.2, -0.15) is 0 Å². The second kappa shape index (κ2) is 3.94. The first kappa shape index (κ1) is 11.2. The topological polar surface area (TPSA) is 57.4 Å². The van der Waals surface area contributed by atoms with Gasteiger partial charge < -0.3 is 15.2 Å². The Morgan fingerprint density at radius 1 is 1.50 bits per heavy atom. The SMILES string of the molecule is Cc1cc(N)c(C)nc1OCC1(C)COC1. The third-order valence-electron chi connectivity index (χ3n) is 2.85. The zero-order valence-corrected chi connectivity index (χ0v) is 10.0. The van der Waals surface area contributed by atoms with Crippen molar-refractivity contribution in [2.24, 2.45) is 5.41 Å². The number of hydrogen-bond acceptors (Lipinski definition) is 4. The Kier molecular flexibility index (Phi) is 2.76. The van der Waals surface area contributed by atoms with Crippen molar-refractivity contribution < 1.29 is 9.47 Å². The molecular weight excluding hydrogens is 204 g/mol. The average Bonchev–Trinajstić information content (AvgIpc) is 2.19. The van der Waals surface area contributed by atoms with E-state index in [2.05, 4.69) is 11.9 Å². The Morgan fingerprint density at radius 2 is 2.19 bits per heavy atom. The Bertz CT molecular complexity index is 400. The van der Waals surface area contributed by atoms with Crippen molar-refractivity contribution in [3.8, 4) is 5.88 Å². The monoisotopic (exact) mass is 222 g/mol. The summed E-state index contributed by atoms with van der Waals surface area (Å²) < 4.78 is 10.9. The minimum Gasteiger partial charge on any atom is -0.477 e. The summed E-state index contributed by atoms with van der Waals surface area (Å²) in [7, 11) is 0. The molecule has 1 aliphatic heterocycles. The van der Waals surface area contributed by atoms with Gasteiger partial charge in [-0.25, -0.2) is 4.98 Å². The summed E-state index contributed by atoms with van der Waals surface area (Å²) in [6.07, 6.45) is 0. The van der Waals surface area contributed by atoms with Gasteiger partial charge in [-0.3, -0.25) is 0 Å². The molecule has 16 heavy (non-hydrogen) atoms. The fraction of sp³-hybridized carbons (Fsp3) is 0.583. The molecule has 2 rings (SSSR count). The highest BCUT2D eigenvalue weighted by Gasteiger charge is 2.34. The van der Waals surface area contributed by atoms with E-state index in [1.807, 2.05) is 19.9 Å². The van der Waals surface area contributed by atoms with Crippen LogP contribution in [0.4, 0.5) is 5.69 Å². The Balaban J connectivity index is 2.06. The molecule has 0 amide bonds. The molecule has 1 aromatic heterocycles. The molecule has 4 nitrogen and oxygen atoms in total. The molecule has 88 valence electrons. The molecule has 0 aliphatic carbocycles. The van der Waals surface area contributed by atoms with Crippen molar-refractivity contribution in [2.45, 2.75) is 20.8 Å². The van der Waals surface area contributed by atoms with Gasteiger partial charge in [0.2, 0.25) is 5.88 Å². The lowest BCUT2D eigenvalue weighted by atomic mass is 9.90. The molecule has 4 heteroatoms. The van der Waals surface area contributed by atoms with Crippen LogP contribution in [0.3, 0.4) is 0 Å². The van der Waals surface area contributed by atoms with Gasteiger partial charge in [0.1, 0.15) is 0 Å². The van der Waals surface area contributed by atoms with E-state index in [-0.39, 0.29) is 5.41 Å². The van der Waals surface area contributed by atoms with Crippen molar-refractivity contribution in [1.82, 2.24) is 4.98 Å². The predicted octanol–water partition coefficient (Wildman–Crippen LogP) is 1.70. The lowest BCUT2D eigenvalue weighted by molar-refractivity contribution is -0.120. The standard InChI is InChI=1S/C12H18N2O2/c1-8-4-10(13)9(2)14-11(8)16-7-12(3)5-15-6-12/h4H,5-7,13H2,1-3H3. The molecule has 1 saturated heterocycles. The van der Waals surface area contributed by atoms with Crippen molar-refractivity contribution in [3.63, 3.8) is 0 Å². The normalized spacial score (nSPS) is 17.9. The third-order valence-corrected chi connectivity index (χ3v) is 2.85. The number of aryl methyl sites for hydroxylation is 2. The minimum absolute atomic E-state index is 0.142. The first-order valence-electron chi connectivity index (χ1n) is 5.44. The van der Waals surface area contributed by atoms with Crippen molar-refractivity contribution >= 4 is 5.69 Å². The quantitative estimate of drug-likeness (QED) is 0.845. The summed E-state index contributed by atoms with van der Waals surface area (Å²) in [5.41, 5.74) is 8.42. The molecule has 0 unspecified atom stereocenters. The molecule has 1 fully saturated rings. The summed E-state index contributed by atoms with van der Waals surface area (Å²) in [4.78, 5) is 4.35. The van der Waals surface area contributed by atoms with E-state index in [9.17, 15) is 0 Å². The molecule has 1 aliphatic rings. The van der Waals surface area contributed by atoms with Gasteiger partial charge in [0.05, 0.1) is 31.2 Å². The number of ether oxygens (including phenoxy) is 2. The molecular formula is C12H18N2O2. The Hall–Kier alpha value is -1.29. The number of anilines is 1. The first-order chi connectivity index (χ1) is 7.50. The third kappa shape index (κ3) is 2.11. The number of rotatable bonds is 3. The van der Waals surface area contributed by atoms with E-state index in [0.717, 1.165) is 24.5 Å². The van der Waals surface area contributed by atoms with Crippen molar-refractivity contribution in [2.75, 3.05) is 25.6 Å². The summed E-state index contributed by atoms with van der Waals surface area (Å²) >= 11 is 0. The lowest BCUT2D eigenvalue weighted by Gasteiger charge is -2.37. The Morgan fingerprint density at radius 3 is 2.75 bits per heavy atom. The lowest BCUT2D eigenvalue weighted by Crippen LogP contribution is -2.44. The molecule has 2 N–H and O–H groups in total. The van der Waals surface area contributed by atoms with Crippen LogP contribution in [0.1, 0.15) is 18.2 Å². The summed E-state index contributed by atoms with van der Waals surface area (Å²) in [6, 6.07) is 1.90. The second-order valence-corrected chi connectivity index (χ2v) is 4.88. The number of pyridine rings is 1. The maximum absolute atomic E-state index is 5.77. The smallest absolute Gasteiger partial charge is 0.216 e. The van der Waals surface area contributed by atoms with Crippen LogP contribution >= 0.6 is 0 Å². The largest absolute Gasteiger partial charge is 0.477 e. The molecule has 2 heterocycles. The van der Waals surface area contributed by atoms with E-state index < -0.39 is 0 Å². The molecule has 1 aromatic rings. The van der Waals surface area contributed by atoms with Gasteiger partial charge in [0, 0.05) is 11.0 Å². The van der Waals surface area contributed by atoms with Crippen LogP contribution in [0.15, 0.2) is 6.07 Å². The van der Waals surface area contributed by atoms with Crippen LogP contribution in [0.2, 0.25) is 0 Å². The average molecular weight is 222 g/mol. The predicted molar refractivity (Wildman–Crippen MR) is 62.5 cm³/mol. The number of nitrogens with two attached hydrogens (primary N) is 1. The number of aromatic nitrogens is 1. The zero-order valence-electron chi connectivity index (χ0n) is 10.0. The first-order valence-corrected chi connectivity index (χ1v) is 5.44. The summed E-state index contributed by atoms with van der Waals surface area (Å²) in [5, 5.41) is 0. The highest BCUT2D eigenvalue weighted by molar-refractivity contribution is 5.47. The summed E-state index contributed by atoms with van der Waals surface area (Å²) in [5.74, 6) is 0.680. The van der Waals surface area contributed by atoms with Crippen molar-refractivity contribution in [1.29, 1.82) is 0 Å². The molecule has 0 spiro atoms. The molecule has 0 atom stereocenters. The second-order valence-electron chi connectivity index (χ2n) is 4.88. The highest BCUT2D eigenvalue weighted by atomic mass is 16.5. The number of nitrogen functional groups attached to an aromatic ring is 1.